The van der Waals surface area contributed by atoms with E-state index >= 15 is 0 Å². The van der Waals surface area contributed by atoms with Crippen LogP contribution in [0.2, 0.25) is 0 Å². The Labute approximate surface area is 225 Å². The van der Waals surface area contributed by atoms with E-state index in [0.29, 0.717) is 30.3 Å². The first kappa shape index (κ1) is 18.3. The molecule has 7 atom stereocenters. The number of allylic oxidation sites excluding steroid dienone is 3. The first-order valence-corrected chi connectivity index (χ1v) is 13.0. The highest BCUT2D eigenvalue weighted by molar-refractivity contribution is 5.40. The second-order valence-corrected chi connectivity index (χ2v) is 11.4. The van der Waals surface area contributed by atoms with Gasteiger partial charge in [0.2, 0.25) is 0 Å². The summed E-state index contributed by atoms with van der Waals surface area (Å²) in [6, 6.07) is -1.24. The summed E-state index contributed by atoms with van der Waals surface area (Å²) in [6.45, 7) is 5.69. The minimum atomic E-state index is -3.71. The Bertz CT molecular complexity index is 1170. The van der Waals surface area contributed by atoms with Gasteiger partial charge in [0.1, 0.15) is 12.2 Å². The van der Waals surface area contributed by atoms with E-state index in [-0.39, 0.29) is 23.8 Å². The average Bonchev–Trinajstić information content (AvgIpc) is 3.25. The van der Waals surface area contributed by atoms with E-state index in [0.717, 1.165) is 38.5 Å². The van der Waals surface area contributed by atoms with Gasteiger partial charge in [0.25, 0.3) is 0 Å². The quantitative estimate of drug-likeness (QED) is 0.315. The van der Waals surface area contributed by atoms with Crippen LogP contribution in [0.1, 0.15) is 104 Å². The van der Waals surface area contributed by atoms with E-state index in [1.165, 1.54) is 0 Å². The molecular formula is C30H50O5. The zero-order chi connectivity index (χ0) is 33.7. The Morgan fingerprint density at radius 1 is 1.34 bits per heavy atom. The van der Waals surface area contributed by atoms with Gasteiger partial charge in [-0.1, -0.05) is 50.9 Å². The van der Waals surface area contributed by atoms with Crippen molar-refractivity contribution in [2.24, 2.45) is 23.2 Å². The molecule has 3 fully saturated rings. The Balaban J connectivity index is 2.11. The summed E-state index contributed by atoms with van der Waals surface area (Å²) in [5.41, 5.74) is -2.50. The highest BCUT2D eigenvalue weighted by Crippen LogP contribution is 2.60. The van der Waals surface area contributed by atoms with Gasteiger partial charge >= 0.3 is 0 Å². The van der Waals surface area contributed by atoms with Crippen molar-refractivity contribution in [1.29, 1.82) is 0 Å². The van der Waals surface area contributed by atoms with Gasteiger partial charge in [-0.2, -0.15) is 0 Å². The predicted molar refractivity (Wildman–Crippen MR) is 141 cm³/mol. The molecule has 0 saturated heterocycles. The van der Waals surface area contributed by atoms with E-state index in [2.05, 4.69) is 13.8 Å². The van der Waals surface area contributed by atoms with Crippen LogP contribution in [0.3, 0.4) is 0 Å². The first-order valence-electron chi connectivity index (χ1n) is 17.5. The number of hydrogen-bond acceptors (Lipinski definition) is 5. The zero-order valence-electron chi connectivity index (χ0n) is 30.7. The Morgan fingerprint density at radius 3 is 2.80 bits per heavy atom. The summed E-state index contributed by atoms with van der Waals surface area (Å²) >= 11 is 0. The molecule has 0 heterocycles. The molecule has 5 nitrogen and oxygen atoms in total. The third-order valence-electron chi connectivity index (χ3n) is 8.18. The highest BCUT2D eigenvalue weighted by Gasteiger charge is 2.50. The topological polar surface area (TPSA) is 90.2 Å². The predicted octanol–water partition coefficient (Wildman–Crippen LogP) is 5.08. The van der Waals surface area contributed by atoms with E-state index < -0.39 is 67.2 Å². The molecule has 1 unspecified atom stereocenters. The monoisotopic (exact) mass is 499 g/mol. The minimum absolute atomic E-state index is 0.110. The van der Waals surface area contributed by atoms with Crippen LogP contribution in [-0.2, 0) is 4.74 Å². The number of ether oxygens (including phenoxy) is 1. The summed E-state index contributed by atoms with van der Waals surface area (Å²) in [6.07, 6.45) is -8.07. The molecule has 0 aliphatic heterocycles. The van der Waals surface area contributed by atoms with Gasteiger partial charge in [-0.05, 0) is 93.1 Å². The van der Waals surface area contributed by atoms with Gasteiger partial charge in [-0.15, -0.1) is 0 Å². The van der Waals surface area contributed by atoms with Crippen LogP contribution in [0.4, 0.5) is 0 Å². The summed E-state index contributed by atoms with van der Waals surface area (Å²) in [7, 11) is 0. The molecule has 0 spiro atoms. The lowest BCUT2D eigenvalue weighted by atomic mass is 9.60. The normalized spacial score (nSPS) is 49.0. The van der Waals surface area contributed by atoms with Crippen LogP contribution in [-0.4, -0.2) is 57.5 Å². The van der Waals surface area contributed by atoms with Crippen LogP contribution >= 0.6 is 0 Å². The van der Waals surface area contributed by atoms with Crippen molar-refractivity contribution in [3.8, 4) is 0 Å². The smallest absolute Gasteiger partial charge is 0.114 e. The molecule has 3 saturated carbocycles. The highest BCUT2D eigenvalue weighted by atomic mass is 16.5. The fourth-order valence-electron chi connectivity index (χ4n) is 6.37. The van der Waals surface area contributed by atoms with Gasteiger partial charge in [0.15, 0.2) is 0 Å². The zero-order valence-corrected chi connectivity index (χ0v) is 21.7. The van der Waals surface area contributed by atoms with Gasteiger partial charge in [0, 0.05) is 22.3 Å². The van der Waals surface area contributed by atoms with Crippen LogP contribution in [0.5, 0.6) is 0 Å². The van der Waals surface area contributed by atoms with Crippen LogP contribution in [0.25, 0.3) is 0 Å². The lowest BCUT2D eigenvalue weighted by molar-refractivity contribution is -0.0968. The Hall–Kier alpha value is -0.980. The SMILES string of the molecule is [2H]C([2H])=C1/C(=C([2H])\C([2H])=C2/CCC[C@@]3(C)C2CC[C@@H]3[C@H](C)CCCC(C)(C)O)C([2H])([2H])[C@@]([2H])(O)[C@@]([2H])(OCCCO)[C@]1([2H])O. The summed E-state index contributed by atoms with van der Waals surface area (Å²) in [5.74, 6) is 0.556. The Morgan fingerprint density at radius 2 is 2.11 bits per heavy atom. The molecule has 200 valence electrons. The first-order chi connectivity index (χ1) is 20.0. The van der Waals surface area contributed by atoms with Crippen molar-refractivity contribution in [1.82, 2.24) is 0 Å². The lowest BCUT2D eigenvalue weighted by Gasteiger charge is -2.44. The van der Waals surface area contributed by atoms with Crippen molar-refractivity contribution < 1.29 is 37.5 Å². The summed E-state index contributed by atoms with van der Waals surface area (Å²) < 4.78 is 82.4. The molecule has 5 heteroatoms. The largest absolute Gasteiger partial charge is 0.396 e. The molecule has 0 aromatic carbocycles. The van der Waals surface area contributed by atoms with Crippen molar-refractivity contribution in [3.05, 3.63) is 35.4 Å². The maximum Gasteiger partial charge on any atom is 0.114 e. The molecule has 0 aromatic rings. The standard InChI is InChI=1S/C30H50O5/c1-20(9-6-15-29(3,4)34)24-13-14-25-22(10-7-16-30(24,25)5)11-12-23-19-26(32)28(27(33)21(23)2)35-18-8-17-31/h11-12,20,24-28,31-34H,2,6-10,13-19H2,1,3-5H3/b22-11+,23-12-/t20-,24-,25?,26-,27-,28-,30-/m1/s1/i2D2,11D,12D,19D2,26D,27D,28D. The molecule has 0 aromatic heterocycles. The molecule has 4 N–H and O–H groups in total. The van der Waals surface area contributed by atoms with Crippen molar-refractivity contribution >= 4 is 0 Å². The number of aliphatic hydroxyl groups excluding tert-OH is 1. The van der Waals surface area contributed by atoms with Crippen molar-refractivity contribution in [2.75, 3.05) is 13.2 Å². The third-order valence-corrected chi connectivity index (χ3v) is 8.18. The molecule has 0 bridgehead atoms. The maximum atomic E-state index is 11.2. The average molecular weight is 500 g/mol. The molecule has 35 heavy (non-hydrogen) atoms. The fraction of sp³-hybridized carbons (Fsp3) is 0.800. The second-order valence-electron chi connectivity index (χ2n) is 11.4. The van der Waals surface area contributed by atoms with Crippen molar-refractivity contribution in [3.63, 3.8) is 0 Å². The molecule has 0 radical (unpaired) electrons. The minimum Gasteiger partial charge on any atom is -0.396 e. The maximum absolute atomic E-state index is 11.2. The molecule has 3 aliphatic carbocycles. The second kappa shape index (κ2) is 12.0. The van der Waals surface area contributed by atoms with Gasteiger partial charge in [-0.25, -0.2) is 0 Å². The number of aliphatic hydroxyl groups is 4. The van der Waals surface area contributed by atoms with Gasteiger partial charge in [-0.3, -0.25) is 0 Å². The van der Waals surface area contributed by atoms with E-state index in [1.807, 2.05) is 0 Å². The van der Waals surface area contributed by atoms with Gasteiger partial charge < -0.3 is 25.2 Å². The van der Waals surface area contributed by atoms with E-state index in [4.69, 9.17) is 22.2 Å². The number of hydrogen-bond donors (Lipinski definition) is 4. The van der Waals surface area contributed by atoms with Gasteiger partial charge in [0.05, 0.1) is 21.3 Å². The number of rotatable bonds is 10. The fourth-order valence-corrected chi connectivity index (χ4v) is 6.37. The van der Waals surface area contributed by atoms with Crippen molar-refractivity contribution in [2.45, 2.75) is 116 Å². The molecule has 3 aliphatic rings. The molecule has 0 amide bonds. The van der Waals surface area contributed by atoms with E-state index in [1.54, 1.807) is 13.8 Å². The van der Waals surface area contributed by atoms with Crippen LogP contribution in [0, 0.1) is 23.2 Å². The van der Waals surface area contributed by atoms with Crippen LogP contribution in [0.15, 0.2) is 35.4 Å². The number of fused-ring (bicyclic) bond motifs is 1. The van der Waals surface area contributed by atoms with Crippen LogP contribution < -0.4 is 0 Å². The Kier molecular flexibility index (Phi) is 6.30. The lowest BCUT2D eigenvalue weighted by Crippen LogP contribution is -2.45. The third kappa shape index (κ3) is 6.87. The summed E-state index contributed by atoms with van der Waals surface area (Å²) in [4.78, 5) is 0. The molecular weight excluding hydrogens is 440 g/mol. The summed E-state index contributed by atoms with van der Waals surface area (Å²) in [5, 5.41) is 41.6. The molecule has 3 rings (SSSR count). The van der Waals surface area contributed by atoms with E-state index in [9.17, 15) is 15.3 Å².